The molecule has 0 heterocycles. The van der Waals surface area contributed by atoms with Gasteiger partial charge in [-0.3, -0.25) is 0 Å². The summed E-state index contributed by atoms with van der Waals surface area (Å²) < 4.78 is 10.6. The Hall–Kier alpha value is -1.56. The summed E-state index contributed by atoms with van der Waals surface area (Å²) in [5, 5.41) is 0. The third-order valence-corrected chi connectivity index (χ3v) is 3.48. The summed E-state index contributed by atoms with van der Waals surface area (Å²) in [5.74, 6) is -1.13. The van der Waals surface area contributed by atoms with Gasteiger partial charge in [0.25, 0.3) is 0 Å². The molecular weight excluding hydrogens is 326 g/mol. The largest absolute Gasteiger partial charge is 0.463 e. The fourth-order valence-corrected chi connectivity index (χ4v) is 2.05. The van der Waals surface area contributed by atoms with Crippen LogP contribution in [0.4, 0.5) is 5.69 Å². The van der Waals surface area contributed by atoms with Crippen molar-refractivity contribution in [3.63, 3.8) is 0 Å². The Morgan fingerprint density at radius 2 is 2.05 bits per heavy atom. The van der Waals surface area contributed by atoms with Crippen molar-refractivity contribution in [2.45, 2.75) is 32.8 Å². The van der Waals surface area contributed by atoms with Gasteiger partial charge in [0.2, 0.25) is 0 Å². The highest BCUT2D eigenvalue weighted by atomic mass is 79.9. The number of carbonyl (C=O) groups excluding carboxylic acids is 2. The molecule has 110 valence electrons. The molecule has 0 aliphatic carbocycles. The quantitative estimate of drug-likeness (QED) is 0.634. The topological polar surface area (TPSA) is 78.6 Å². The molecule has 0 saturated heterocycles. The molecule has 0 aliphatic rings. The fraction of sp³-hybridized carbons (Fsp3) is 0.429. The number of halogens is 1. The molecule has 1 atom stereocenters. The van der Waals surface area contributed by atoms with Crippen molar-refractivity contribution in [1.29, 1.82) is 0 Å². The van der Waals surface area contributed by atoms with Gasteiger partial charge in [0.1, 0.15) is 0 Å². The molecule has 0 aliphatic heterocycles. The highest BCUT2D eigenvalue weighted by molar-refractivity contribution is 9.10. The number of nitrogen functional groups attached to an aromatic ring is 1. The highest BCUT2D eigenvalue weighted by Gasteiger charge is 2.25. The van der Waals surface area contributed by atoms with Crippen molar-refractivity contribution in [2.75, 3.05) is 12.3 Å². The third kappa shape index (κ3) is 4.23. The Bertz CT molecular complexity index is 490. The third-order valence-electron chi connectivity index (χ3n) is 2.60. The summed E-state index contributed by atoms with van der Waals surface area (Å²) in [5.41, 5.74) is 6.43. The van der Waals surface area contributed by atoms with Crippen molar-refractivity contribution >= 4 is 33.6 Å². The number of benzene rings is 1. The zero-order chi connectivity index (χ0) is 15.1. The van der Waals surface area contributed by atoms with E-state index >= 15 is 0 Å². The van der Waals surface area contributed by atoms with E-state index < -0.39 is 18.0 Å². The van der Waals surface area contributed by atoms with Crippen molar-refractivity contribution in [1.82, 2.24) is 0 Å². The summed E-state index contributed by atoms with van der Waals surface area (Å²) in [6, 6.07) is 4.89. The second-order valence-corrected chi connectivity index (χ2v) is 4.94. The first kappa shape index (κ1) is 16.5. The van der Waals surface area contributed by atoms with Crippen molar-refractivity contribution in [3.05, 3.63) is 28.2 Å². The number of hydrogen-bond acceptors (Lipinski definition) is 5. The molecule has 1 aromatic carbocycles. The molecule has 0 spiro atoms. The Balaban J connectivity index is 2.85. The lowest BCUT2D eigenvalue weighted by atomic mass is 10.2. The van der Waals surface area contributed by atoms with E-state index in [0.717, 1.165) is 0 Å². The Labute approximate surface area is 126 Å². The second kappa shape index (κ2) is 7.89. The van der Waals surface area contributed by atoms with E-state index in [0.29, 0.717) is 23.0 Å². The smallest absolute Gasteiger partial charge is 0.347 e. The lowest BCUT2D eigenvalue weighted by molar-refractivity contribution is -0.153. The maximum Gasteiger partial charge on any atom is 0.347 e. The van der Waals surface area contributed by atoms with Crippen LogP contribution in [0, 0.1) is 0 Å². The molecule has 0 fully saturated rings. The maximum absolute atomic E-state index is 12.1. The molecule has 0 radical (unpaired) electrons. The van der Waals surface area contributed by atoms with E-state index in [1.807, 2.05) is 6.92 Å². The van der Waals surface area contributed by atoms with Gasteiger partial charge in [0.15, 0.2) is 6.10 Å². The van der Waals surface area contributed by atoms with E-state index in [9.17, 15) is 9.59 Å². The van der Waals surface area contributed by atoms with Crippen LogP contribution in [-0.2, 0) is 14.3 Å². The van der Waals surface area contributed by atoms with Gasteiger partial charge < -0.3 is 15.2 Å². The van der Waals surface area contributed by atoms with Crippen LogP contribution in [0.25, 0.3) is 0 Å². The number of esters is 2. The molecule has 1 aromatic rings. The van der Waals surface area contributed by atoms with E-state index in [2.05, 4.69) is 15.9 Å². The van der Waals surface area contributed by atoms with Crippen molar-refractivity contribution in [3.8, 4) is 0 Å². The Kier molecular flexibility index (Phi) is 6.51. The average molecular weight is 344 g/mol. The fourth-order valence-electron chi connectivity index (χ4n) is 1.62. The normalized spacial score (nSPS) is 11.8. The lowest BCUT2D eigenvalue weighted by Crippen LogP contribution is -2.29. The summed E-state index contributed by atoms with van der Waals surface area (Å²) in [4.78, 5) is 23.8. The van der Waals surface area contributed by atoms with Crippen LogP contribution in [0.15, 0.2) is 22.7 Å². The van der Waals surface area contributed by atoms with Gasteiger partial charge in [-0.15, -0.1) is 0 Å². The first-order chi connectivity index (χ1) is 9.51. The number of rotatable bonds is 6. The zero-order valence-electron chi connectivity index (χ0n) is 11.5. The Morgan fingerprint density at radius 1 is 1.35 bits per heavy atom. The molecular formula is C14H18BrNO4. The van der Waals surface area contributed by atoms with Crippen molar-refractivity contribution in [2.24, 2.45) is 0 Å². The van der Waals surface area contributed by atoms with Crippen LogP contribution in [-0.4, -0.2) is 24.6 Å². The van der Waals surface area contributed by atoms with Gasteiger partial charge in [0, 0.05) is 5.69 Å². The molecule has 5 nitrogen and oxygen atoms in total. The van der Waals surface area contributed by atoms with Crippen LogP contribution in [0.2, 0.25) is 0 Å². The summed E-state index contributed by atoms with van der Waals surface area (Å²) in [7, 11) is 0. The monoisotopic (exact) mass is 343 g/mol. The maximum atomic E-state index is 12.1. The SMILES string of the molecule is CCCC(OC(=O)c1cccc(N)c1Br)C(=O)OCC. The molecule has 1 unspecified atom stereocenters. The van der Waals surface area contributed by atoms with Gasteiger partial charge in [-0.1, -0.05) is 19.4 Å². The Morgan fingerprint density at radius 3 is 2.65 bits per heavy atom. The molecule has 20 heavy (non-hydrogen) atoms. The zero-order valence-corrected chi connectivity index (χ0v) is 13.1. The van der Waals surface area contributed by atoms with Crippen LogP contribution in [0.3, 0.4) is 0 Å². The predicted molar refractivity (Wildman–Crippen MR) is 79.3 cm³/mol. The van der Waals surface area contributed by atoms with E-state index in [1.165, 1.54) is 0 Å². The summed E-state index contributed by atoms with van der Waals surface area (Å²) in [6.07, 6.45) is 0.236. The first-order valence-electron chi connectivity index (χ1n) is 6.42. The van der Waals surface area contributed by atoms with E-state index in [-0.39, 0.29) is 12.2 Å². The van der Waals surface area contributed by atoms with Crippen LogP contribution >= 0.6 is 15.9 Å². The van der Waals surface area contributed by atoms with E-state index in [4.69, 9.17) is 15.2 Å². The first-order valence-corrected chi connectivity index (χ1v) is 7.22. The van der Waals surface area contributed by atoms with Crippen LogP contribution in [0.5, 0.6) is 0 Å². The van der Waals surface area contributed by atoms with E-state index in [1.54, 1.807) is 25.1 Å². The molecule has 0 saturated carbocycles. The molecule has 0 amide bonds. The standard InChI is InChI=1S/C14H18BrNO4/c1-3-6-11(14(18)19-4-2)20-13(17)9-7-5-8-10(16)12(9)15/h5,7-8,11H,3-4,6,16H2,1-2H3. The van der Waals surface area contributed by atoms with Gasteiger partial charge >= 0.3 is 11.9 Å². The average Bonchev–Trinajstić information content (AvgIpc) is 2.41. The van der Waals surface area contributed by atoms with Crippen LogP contribution in [0.1, 0.15) is 37.0 Å². The molecule has 0 bridgehead atoms. The lowest BCUT2D eigenvalue weighted by Gasteiger charge is -2.16. The van der Waals surface area contributed by atoms with Gasteiger partial charge in [0.05, 0.1) is 16.6 Å². The number of anilines is 1. The predicted octanol–water partition coefficient (Wildman–Crippen LogP) is 2.92. The molecule has 6 heteroatoms. The number of hydrogen-bond donors (Lipinski definition) is 1. The van der Waals surface area contributed by atoms with Gasteiger partial charge in [-0.05, 0) is 41.4 Å². The second-order valence-electron chi connectivity index (χ2n) is 4.14. The number of ether oxygens (including phenoxy) is 2. The minimum absolute atomic E-state index is 0.249. The highest BCUT2D eigenvalue weighted by Crippen LogP contribution is 2.25. The number of carbonyl (C=O) groups is 2. The van der Waals surface area contributed by atoms with Gasteiger partial charge in [-0.2, -0.15) is 0 Å². The van der Waals surface area contributed by atoms with Crippen LogP contribution < -0.4 is 5.73 Å². The van der Waals surface area contributed by atoms with Gasteiger partial charge in [-0.25, -0.2) is 9.59 Å². The minimum atomic E-state index is -0.888. The molecule has 2 N–H and O–H groups in total. The summed E-state index contributed by atoms with van der Waals surface area (Å²) >= 11 is 3.24. The molecule has 1 rings (SSSR count). The minimum Gasteiger partial charge on any atom is -0.463 e. The van der Waals surface area contributed by atoms with Crippen molar-refractivity contribution < 1.29 is 19.1 Å². The summed E-state index contributed by atoms with van der Waals surface area (Å²) in [6.45, 7) is 3.85. The molecule has 0 aromatic heterocycles. The number of nitrogens with two attached hydrogens (primary N) is 1.